The summed E-state index contributed by atoms with van der Waals surface area (Å²) >= 11 is 0. The topological polar surface area (TPSA) is 143 Å². The summed E-state index contributed by atoms with van der Waals surface area (Å²) in [5.41, 5.74) is 0. The Kier molecular flexibility index (Phi) is 25.6. The van der Waals surface area contributed by atoms with Crippen LogP contribution in [0.4, 0.5) is 0 Å². The highest BCUT2D eigenvalue weighted by Gasteiger charge is 2.11. The number of amides is 3. The van der Waals surface area contributed by atoms with Crippen molar-refractivity contribution in [3.8, 4) is 37.0 Å². The van der Waals surface area contributed by atoms with Crippen molar-refractivity contribution < 1.29 is 42.8 Å². The lowest BCUT2D eigenvalue weighted by Crippen LogP contribution is -2.29. The Morgan fingerprint density at radius 2 is 0.846 bits per heavy atom. The molecule has 0 aromatic carbocycles. The van der Waals surface area contributed by atoms with Gasteiger partial charge in [0, 0.05) is 19.3 Å². The lowest BCUT2D eigenvalue weighted by Gasteiger charge is -2.18. The van der Waals surface area contributed by atoms with Gasteiger partial charge in [0.25, 0.3) is 0 Å². The zero-order chi connectivity index (χ0) is 28.8. The maximum absolute atomic E-state index is 11.5. The van der Waals surface area contributed by atoms with Gasteiger partial charge in [0.15, 0.2) is 0 Å². The first-order valence-electron chi connectivity index (χ1n) is 12.6. The number of hydrogen-bond acceptors (Lipinski definition) is 9. The molecule has 0 fully saturated rings. The predicted molar refractivity (Wildman–Crippen MR) is 143 cm³/mol. The van der Waals surface area contributed by atoms with Gasteiger partial charge >= 0.3 is 0 Å². The molecule has 12 heteroatoms. The van der Waals surface area contributed by atoms with E-state index in [-0.39, 0.29) is 109 Å². The Balaban J connectivity index is 4.12. The molecule has 0 atom stereocenters. The van der Waals surface area contributed by atoms with Crippen molar-refractivity contribution in [1.82, 2.24) is 16.0 Å². The van der Waals surface area contributed by atoms with Gasteiger partial charge in [-0.05, 0) is 0 Å². The van der Waals surface area contributed by atoms with Crippen LogP contribution < -0.4 is 16.0 Å². The molecular formula is C27H41N3O9. The molecule has 3 N–H and O–H groups in total. The summed E-state index contributed by atoms with van der Waals surface area (Å²) < 4.78 is 33.2. The minimum Gasteiger partial charge on any atom is -0.379 e. The smallest absolute Gasteiger partial charge is 0.223 e. The minimum absolute atomic E-state index is 0.175. The number of carbonyl (C=O) groups excluding carboxylic acids is 3. The van der Waals surface area contributed by atoms with Crippen LogP contribution in [0.15, 0.2) is 0 Å². The molecule has 218 valence electrons. The summed E-state index contributed by atoms with van der Waals surface area (Å²) in [6, 6.07) is 0. The van der Waals surface area contributed by atoms with E-state index < -0.39 is 0 Å². The highest BCUT2D eigenvalue weighted by atomic mass is 16.6. The van der Waals surface area contributed by atoms with Gasteiger partial charge in [-0.1, -0.05) is 17.8 Å². The first-order valence-corrected chi connectivity index (χ1v) is 12.6. The second kappa shape index (κ2) is 27.9. The summed E-state index contributed by atoms with van der Waals surface area (Å²) in [5.74, 6) is 6.46. The number of rotatable bonds is 26. The average molecular weight is 552 g/mol. The second-order valence-corrected chi connectivity index (χ2v) is 7.67. The first-order chi connectivity index (χ1) is 19.0. The second-order valence-electron chi connectivity index (χ2n) is 7.67. The third-order valence-electron chi connectivity index (χ3n) is 4.52. The van der Waals surface area contributed by atoms with Gasteiger partial charge in [0.05, 0.1) is 92.3 Å². The summed E-state index contributed by atoms with van der Waals surface area (Å²) in [6.45, 7) is 3.60. The van der Waals surface area contributed by atoms with E-state index >= 15 is 0 Å². The molecule has 0 radical (unpaired) electrons. The molecule has 0 saturated heterocycles. The fourth-order valence-electron chi connectivity index (χ4n) is 2.60. The van der Waals surface area contributed by atoms with E-state index in [1.165, 1.54) is 0 Å². The quantitative estimate of drug-likeness (QED) is 0.0899. The van der Waals surface area contributed by atoms with E-state index in [9.17, 15) is 14.4 Å². The van der Waals surface area contributed by atoms with E-state index in [1.54, 1.807) is 0 Å². The molecule has 0 aromatic rings. The number of ether oxygens (including phenoxy) is 6. The monoisotopic (exact) mass is 551 g/mol. The molecule has 12 nitrogen and oxygen atoms in total. The van der Waals surface area contributed by atoms with Gasteiger partial charge in [-0.2, -0.15) is 0 Å². The van der Waals surface area contributed by atoms with Crippen molar-refractivity contribution in [2.75, 3.05) is 92.3 Å². The van der Waals surface area contributed by atoms with Crippen LogP contribution in [0.5, 0.6) is 0 Å². The molecule has 0 rings (SSSR count). The van der Waals surface area contributed by atoms with Crippen molar-refractivity contribution in [3.05, 3.63) is 0 Å². The fourth-order valence-corrected chi connectivity index (χ4v) is 2.60. The third kappa shape index (κ3) is 26.3. The lowest BCUT2D eigenvalue weighted by atomic mass is 10.4. The van der Waals surface area contributed by atoms with Crippen LogP contribution in [0.2, 0.25) is 0 Å². The summed E-state index contributed by atoms with van der Waals surface area (Å²) in [5, 5.41) is 7.67. The molecule has 0 aliphatic carbocycles. The summed E-state index contributed by atoms with van der Waals surface area (Å²) in [6.07, 6.45) is 15.5. The minimum atomic E-state index is -0.378. The van der Waals surface area contributed by atoms with Crippen LogP contribution in [0.1, 0.15) is 19.3 Å². The van der Waals surface area contributed by atoms with E-state index in [1.807, 2.05) is 0 Å². The number of hydrogen-bond donors (Lipinski definition) is 3. The van der Waals surface area contributed by atoms with Crippen LogP contribution in [0.25, 0.3) is 0 Å². The molecule has 3 amide bonds. The Hall–Kier alpha value is -3.15. The van der Waals surface area contributed by atoms with Gasteiger partial charge in [-0.15, -0.1) is 19.3 Å². The van der Waals surface area contributed by atoms with Crippen molar-refractivity contribution >= 4 is 17.7 Å². The van der Waals surface area contributed by atoms with Crippen molar-refractivity contribution in [2.24, 2.45) is 0 Å². The standard InChI is InChI=1S/C27H41N3O9/c1-4-10-28-25(31)7-13-34-16-18-37-22-24(39-21-20-36-15-9-27(33)30-12-6-3)23-38-19-17-35-14-8-26(32)29-11-5-2/h1-3,24H,7-23H2,(H,28,31)(H,29,32)(H,30,33). The van der Waals surface area contributed by atoms with Gasteiger partial charge in [-0.3, -0.25) is 14.4 Å². The number of terminal acetylenes is 3. The zero-order valence-electron chi connectivity index (χ0n) is 22.5. The lowest BCUT2D eigenvalue weighted by molar-refractivity contribution is -0.123. The van der Waals surface area contributed by atoms with E-state index in [0.29, 0.717) is 26.4 Å². The average Bonchev–Trinajstić information content (AvgIpc) is 2.93. The Labute approximate surface area is 231 Å². The van der Waals surface area contributed by atoms with Gasteiger partial charge < -0.3 is 44.4 Å². The largest absolute Gasteiger partial charge is 0.379 e. The molecular weight excluding hydrogens is 510 g/mol. The normalized spacial score (nSPS) is 10.3. The van der Waals surface area contributed by atoms with Gasteiger partial charge in [-0.25, -0.2) is 0 Å². The molecule has 0 spiro atoms. The first kappa shape index (κ1) is 35.9. The maximum atomic E-state index is 11.5. The van der Waals surface area contributed by atoms with Crippen LogP contribution in [0.3, 0.4) is 0 Å². The van der Waals surface area contributed by atoms with Crippen molar-refractivity contribution in [2.45, 2.75) is 25.4 Å². The van der Waals surface area contributed by atoms with Crippen molar-refractivity contribution in [1.29, 1.82) is 0 Å². The summed E-state index contributed by atoms with van der Waals surface area (Å²) in [4.78, 5) is 34.4. The van der Waals surface area contributed by atoms with Crippen molar-refractivity contribution in [3.63, 3.8) is 0 Å². The van der Waals surface area contributed by atoms with Crippen LogP contribution in [-0.2, 0) is 42.8 Å². The highest BCUT2D eigenvalue weighted by molar-refractivity contribution is 5.76. The van der Waals surface area contributed by atoms with Crippen LogP contribution in [-0.4, -0.2) is 116 Å². The summed E-state index contributed by atoms with van der Waals surface area (Å²) in [7, 11) is 0. The fraction of sp³-hybridized carbons (Fsp3) is 0.667. The van der Waals surface area contributed by atoms with Gasteiger partial charge in [0.2, 0.25) is 17.7 Å². The highest BCUT2D eigenvalue weighted by Crippen LogP contribution is 1.98. The SMILES string of the molecule is C#CCNC(=O)CCOCCOCC(COCCOCCC(=O)NCC#C)OCCOCCC(=O)NCC#C. The van der Waals surface area contributed by atoms with Crippen LogP contribution >= 0.6 is 0 Å². The predicted octanol–water partition coefficient (Wildman–Crippen LogP) is -1.13. The van der Waals surface area contributed by atoms with E-state index in [4.69, 9.17) is 47.7 Å². The van der Waals surface area contributed by atoms with E-state index in [2.05, 4.69) is 33.7 Å². The van der Waals surface area contributed by atoms with E-state index in [0.717, 1.165) is 0 Å². The zero-order valence-corrected chi connectivity index (χ0v) is 22.5. The molecule has 0 aliphatic rings. The van der Waals surface area contributed by atoms with Gasteiger partial charge in [0.1, 0.15) is 6.10 Å². The molecule has 0 heterocycles. The molecule has 0 aromatic heterocycles. The molecule has 0 aliphatic heterocycles. The Morgan fingerprint density at radius 1 is 0.513 bits per heavy atom. The molecule has 39 heavy (non-hydrogen) atoms. The Bertz CT molecular complexity index is 743. The van der Waals surface area contributed by atoms with Crippen LogP contribution in [0, 0.1) is 37.0 Å². The molecule has 0 bridgehead atoms. The number of carbonyl (C=O) groups is 3. The number of nitrogens with one attached hydrogen (secondary N) is 3. The Morgan fingerprint density at radius 3 is 1.21 bits per heavy atom. The maximum Gasteiger partial charge on any atom is 0.223 e. The third-order valence-corrected chi connectivity index (χ3v) is 4.52. The molecule has 0 unspecified atom stereocenters. The molecule has 0 saturated carbocycles.